The van der Waals surface area contributed by atoms with Crippen LogP contribution in [0.4, 0.5) is 5.69 Å². The molecular weight excluding hydrogens is 441 g/mol. The summed E-state index contributed by atoms with van der Waals surface area (Å²) in [7, 11) is 1.62. The average Bonchev–Trinajstić information content (AvgIpc) is 2.99. The molecule has 1 aromatic heterocycles. The van der Waals surface area contributed by atoms with Gasteiger partial charge in [-0.1, -0.05) is 23.2 Å². The Balaban J connectivity index is 2.13. The Kier molecular flexibility index (Phi) is 8.69. The van der Waals surface area contributed by atoms with Crippen LogP contribution < -0.4 is 5.32 Å². The van der Waals surface area contributed by atoms with E-state index in [0.29, 0.717) is 29.4 Å². The van der Waals surface area contributed by atoms with Gasteiger partial charge in [-0.3, -0.25) is 4.79 Å². The molecule has 0 bridgehead atoms. The van der Waals surface area contributed by atoms with Crippen molar-refractivity contribution in [3.05, 3.63) is 56.8 Å². The maximum absolute atomic E-state index is 12.5. The highest BCUT2D eigenvalue weighted by Gasteiger charge is 2.22. The molecule has 1 N–H and O–H groups in total. The second kappa shape index (κ2) is 11.0. The van der Waals surface area contributed by atoms with Gasteiger partial charge in [0.2, 0.25) is 0 Å². The van der Waals surface area contributed by atoms with Gasteiger partial charge in [0.1, 0.15) is 11.6 Å². The molecule has 0 fully saturated rings. The highest BCUT2D eigenvalue weighted by atomic mass is 35.5. The van der Waals surface area contributed by atoms with E-state index in [0.717, 1.165) is 11.4 Å². The number of nitriles is 1. The van der Waals surface area contributed by atoms with E-state index in [-0.39, 0.29) is 10.6 Å². The second-order valence-electron chi connectivity index (χ2n) is 6.80. The number of carbonyl (C=O) groups is 2. The summed E-state index contributed by atoms with van der Waals surface area (Å²) >= 11 is 11.9. The lowest BCUT2D eigenvalue weighted by molar-refractivity contribution is -0.148. The molecule has 0 aliphatic rings. The van der Waals surface area contributed by atoms with Crippen LogP contribution >= 0.6 is 23.2 Å². The SMILES string of the molecule is COCCn1c(C)cc(/C=C(\C#N)C(=O)OC(C)C(=O)Nc2cc(Cl)ccc2Cl)c1C. The van der Waals surface area contributed by atoms with Gasteiger partial charge in [0.15, 0.2) is 6.10 Å². The van der Waals surface area contributed by atoms with Crippen LogP contribution in [0.25, 0.3) is 6.08 Å². The van der Waals surface area contributed by atoms with E-state index in [2.05, 4.69) is 5.32 Å². The van der Waals surface area contributed by atoms with Crippen molar-refractivity contribution in [3.63, 3.8) is 0 Å². The molecule has 1 aromatic carbocycles. The Labute approximate surface area is 191 Å². The van der Waals surface area contributed by atoms with Gasteiger partial charge in [0, 0.05) is 30.1 Å². The second-order valence-corrected chi connectivity index (χ2v) is 7.65. The minimum atomic E-state index is -1.16. The predicted octanol–water partition coefficient (Wildman–Crippen LogP) is 4.54. The third-order valence-corrected chi connectivity index (χ3v) is 5.18. The Bertz CT molecular complexity index is 1050. The molecule has 7 nitrogen and oxygen atoms in total. The molecule has 2 aromatic rings. The molecule has 1 amide bonds. The van der Waals surface area contributed by atoms with Gasteiger partial charge in [0.05, 0.1) is 17.3 Å². The number of anilines is 1. The zero-order chi connectivity index (χ0) is 23.1. The van der Waals surface area contributed by atoms with Crippen LogP contribution in [0, 0.1) is 25.2 Å². The van der Waals surface area contributed by atoms with Crippen LogP contribution in [0.5, 0.6) is 0 Å². The minimum Gasteiger partial charge on any atom is -0.448 e. The van der Waals surface area contributed by atoms with Crippen molar-refractivity contribution in [2.75, 3.05) is 19.0 Å². The zero-order valence-electron chi connectivity index (χ0n) is 17.7. The summed E-state index contributed by atoms with van der Waals surface area (Å²) in [5, 5.41) is 12.7. The van der Waals surface area contributed by atoms with Crippen LogP contribution in [-0.4, -0.2) is 36.3 Å². The fourth-order valence-electron chi connectivity index (χ4n) is 2.90. The first-order chi connectivity index (χ1) is 14.7. The van der Waals surface area contributed by atoms with Crippen LogP contribution in [0.1, 0.15) is 23.9 Å². The first-order valence-corrected chi connectivity index (χ1v) is 10.2. The number of ether oxygens (including phenoxy) is 2. The van der Waals surface area contributed by atoms with Gasteiger partial charge < -0.3 is 19.4 Å². The molecule has 2 rings (SSSR count). The smallest absolute Gasteiger partial charge is 0.349 e. The van der Waals surface area contributed by atoms with Gasteiger partial charge in [-0.05, 0) is 56.7 Å². The van der Waals surface area contributed by atoms with E-state index in [9.17, 15) is 14.9 Å². The summed E-state index contributed by atoms with van der Waals surface area (Å²) in [4.78, 5) is 24.9. The summed E-state index contributed by atoms with van der Waals surface area (Å²) in [5.41, 5.74) is 2.65. The van der Waals surface area contributed by atoms with Crippen LogP contribution in [0.3, 0.4) is 0 Å². The molecule has 1 unspecified atom stereocenters. The summed E-state index contributed by atoms with van der Waals surface area (Å²) in [6.45, 7) is 6.40. The van der Waals surface area contributed by atoms with Crippen molar-refractivity contribution in [3.8, 4) is 6.07 Å². The van der Waals surface area contributed by atoms with Crippen molar-refractivity contribution in [2.24, 2.45) is 0 Å². The molecule has 1 atom stereocenters. The van der Waals surface area contributed by atoms with E-state index >= 15 is 0 Å². The summed E-state index contributed by atoms with van der Waals surface area (Å²) in [6.07, 6.45) is 0.292. The average molecular weight is 464 g/mol. The van der Waals surface area contributed by atoms with E-state index in [1.165, 1.54) is 25.1 Å². The number of rotatable bonds is 8. The molecule has 0 radical (unpaired) electrons. The molecule has 31 heavy (non-hydrogen) atoms. The largest absolute Gasteiger partial charge is 0.448 e. The number of nitrogens with zero attached hydrogens (tertiary/aromatic N) is 2. The third kappa shape index (κ3) is 6.34. The number of hydrogen-bond acceptors (Lipinski definition) is 5. The van der Waals surface area contributed by atoms with E-state index < -0.39 is 18.0 Å². The normalized spacial score (nSPS) is 12.2. The number of aromatic nitrogens is 1. The molecule has 1 heterocycles. The minimum absolute atomic E-state index is 0.215. The number of aryl methyl sites for hydroxylation is 1. The number of halogens is 2. The monoisotopic (exact) mass is 463 g/mol. The molecule has 0 aliphatic carbocycles. The van der Waals surface area contributed by atoms with E-state index in [1.807, 2.05) is 30.6 Å². The van der Waals surface area contributed by atoms with Crippen molar-refractivity contribution in [1.82, 2.24) is 4.57 Å². The topological polar surface area (TPSA) is 93.3 Å². The lowest BCUT2D eigenvalue weighted by Gasteiger charge is -2.14. The van der Waals surface area contributed by atoms with Crippen LogP contribution in [-0.2, 0) is 25.6 Å². The molecule has 164 valence electrons. The molecule has 9 heteroatoms. The van der Waals surface area contributed by atoms with E-state index in [4.69, 9.17) is 32.7 Å². The number of carbonyl (C=O) groups excluding carboxylic acids is 2. The lowest BCUT2D eigenvalue weighted by atomic mass is 10.1. The standard InChI is InChI=1S/C22H23Cl2N3O4/c1-13-9-16(14(2)27(13)7-8-30-4)10-17(12-25)22(29)31-15(3)21(28)26-20-11-18(23)5-6-19(20)24/h5-6,9-11,15H,7-8H2,1-4H3,(H,26,28)/b17-10+. The number of benzene rings is 1. The molecule has 0 saturated heterocycles. The fraction of sp³-hybridized carbons (Fsp3) is 0.318. The number of esters is 1. The van der Waals surface area contributed by atoms with Crippen molar-refractivity contribution in [1.29, 1.82) is 5.26 Å². The van der Waals surface area contributed by atoms with Gasteiger partial charge in [-0.25, -0.2) is 4.79 Å². The first kappa shape index (κ1) is 24.5. The number of hydrogen-bond donors (Lipinski definition) is 1. The van der Waals surface area contributed by atoms with Crippen molar-refractivity contribution < 1.29 is 19.1 Å². The molecule has 0 spiro atoms. The summed E-state index contributed by atoms with van der Waals surface area (Å²) in [6, 6.07) is 8.31. The van der Waals surface area contributed by atoms with Gasteiger partial charge in [-0.15, -0.1) is 0 Å². The summed E-state index contributed by atoms with van der Waals surface area (Å²) < 4.78 is 12.3. The van der Waals surface area contributed by atoms with E-state index in [1.54, 1.807) is 13.2 Å². The number of nitrogens with one attached hydrogen (secondary N) is 1. The van der Waals surface area contributed by atoms with Gasteiger partial charge >= 0.3 is 5.97 Å². The fourth-order valence-corrected chi connectivity index (χ4v) is 3.23. The maximum Gasteiger partial charge on any atom is 0.349 e. The van der Waals surface area contributed by atoms with Crippen LogP contribution in [0.2, 0.25) is 10.0 Å². The maximum atomic E-state index is 12.5. The lowest BCUT2D eigenvalue weighted by Crippen LogP contribution is -2.30. The number of amides is 1. The van der Waals surface area contributed by atoms with Gasteiger partial charge in [-0.2, -0.15) is 5.26 Å². The molecule has 0 aliphatic heterocycles. The summed E-state index contributed by atoms with van der Waals surface area (Å²) in [5.74, 6) is -1.50. The molecule has 0 saturated carbocycles. The van der Waals surface area contributed by atoms with Crippen molar-refractivity contribution >= 4 is 46.8 Å². The number of methoxy groups -OCH3 is 1. The van der Waals surface area contributed by atoms with Gasteiger partial charge in [0.25, 0.3) is 5.91 Å². The zero-order valence-corrected chi connectivity index (χ0v) is 19.2. The Morgan fingerprint density at radius 3 is 2.65 bits per heavy atom. The third-order valence-electron chi connectivity index (χ3n) is 4.61. The quantitative estimate of drug-likeness (QED) is 0.352. The Hall–Kier alpha value is -2.79. The highest BCUT2D eigenvalue weighted by Crippen LogP contribution is 2.25. The van der Waals surface area contributed by atoms with Crippen molar-refractivity contribution in [2.45, 2.75) is 33.4 Å². The Morgan fingerprint density at radius 1 is 1.29 bits per heavy atom. The highest BCUT2D eigenvalue weighted by molar-refractivity contribution is 6.35. The Morgan fingerprint density at radius 2 is 2.00 bits per heavy atom. The first-order valence-electron chi connectivity index (χ1n) is 9.42. The van der Waals surface area contributed by atoms with Crippen LogP contribution in [0.15, 0.2) is 29.8 Å². The molecular formula is C22H23Cl2N3O4. The predicted molar refractivity (Wildman–Crippen MR) is 120 cm³/mol.